The first-order valence-corrected chi connectivity index (χ1v) is 5.15. The van der Waals surface area contributed by atoms with Crippen molar-refractivity contribution in [1.82, 2.24) is 4.98 Å². The van der Waals surface area contributed by atoms with Crippen LogP contribution < -0.4 is 5.43 Å². The van der Waals surface area contributed by atoms with Crippen molar-refractivity contribution in [3.05, 3.63) is 45.7 Å². The van der Waals surface area contributed by atoms with Crippen LogP contribution in [-0.2, 0) is 11.2 Å². The minimum Gasteiger partial charge on any atom is -0.360 e. The van der Waals surface area contributed by atoms with Crippen molar-refractivity contribution in [2.75, 3.05) is 0 Å². The van der Waals surface area contributed by atoms with Crippen molar-refractivity contribution in [3.63, 3.8) is 0 Å². The lowest BCUT2D eigenvalue weighted by atomic mass is 10.1. The average molecular weight is 226 g/mol. The summed E-state index contributed by atoms with van der Waals surface area (Å²) in [4.78, 5) is 25.8. The fraction of sp³-hybridized carbons (Fsp3) is 0.154. The second-order valence-electron chi connectivity index (χ2n) is 3.90. The van der Waals surface area contributed by atoms with Gasteiger partial charge in [0.2, 0.25) is 5.43 Å². The molecule has 0 bridgehead atoms. The highest BCUT2D eigenvalue weighted by Crippen LogP contribution is 2.11. The average Bonchev–Trinajstić information content (AvgIpc) is 2.29. The van der Waals surface area contributed by atoms with Gasteiger partial charge in [0.25, 0.3) is 0 Å². The van der Waals surface area contributed by atoms with Crippen LogP contribution in [0, 0.1) is 11.3 Å². The first-order chi connectivity index (χ1) is 8.11. The molecule has 1 aromatic heterocycles. The third-order valence-electron chi connectivity index (χ3n) is 2.52. The Morgan fingerprint density at radius 3 is 2.88 bits per heavy atom. The summed E-state index contributed by atoms with van der Waals surface area (Å²) in [6.45, 7) is 1.50. The van der Waals surface area contributed by atoms with Gasteiger partial charge in [-0.15, -0.1) is 0 Å². The third-order valence-corrected chi connectivity index (χ3v) is 2.52. The van der Waals surface area contributed by atoms with Gasteiger partial charge in [0.1, 0.15) is 17.4 Å². The van der Waals surface area contributed by atoms with E-state index in [1.54, 1.807) is 18.2 Å². The molecule has 0 saturated carbocycles. The lowest BCUT2D eigenvalue weighted by Crippen LogP contribution is -2.08. The number of H-pyrrole nitrogens is 1. The van der Waals surface area contributed by atoms with E-state index >= 15 is 0 Å². The Labute approximate surface area is 97.5 Å². The number of nitriles is 1. The number of rotatable bonds is 2. The van der Waals surface area contributed by atoms with Crippen LogP contribution in [0.3, 0.4) is 0 Å². The van der Waals surface area contributed by atoms with Gasteiger partial charge in [0.15, 0.2) is 0 Å². The molecule has 2 aromatic rings. The van der Waals surface area contributed by atoms with Crippen molar-refractivity contribution in [2.45, 2.75) is 13.3 Å². The summed E-state index contributed by atoms with van der Waals surface area (Å²) in [6, 6.07) is 7.04. The Kier molecular flexibility index (Phi) is 2.75. The van der Waals surface area contributed by atoms with Gasteiger partial charge in [-0.25, -0.2) is 0 Å². The number of hydrogen-bond acceptors (Lipinski definition) is 3. The summed E-state index contributed by atoms with van der Waals surface area (Å²) in [7, 11) is 0. The minimum absolute atomic E-state index is 0.0391. The molecule has 0 fully saturated rings. The molecule has 0 unspecified atom stereocenters. The van der Waals surface area contributed by atoms with Crippen molar-refractivity contribution < 1.29 is 4.79 Å². The van der Waals surface area contributed by atoms with E-state index in [1.807, 2.05) is 6.07 Å². The van der Waals surface area contributed by atoms with E-state index < -0.39 is 0 Å². The Bertz CT molecular complexity index is 693. The molecule has 0 saturated heterocycles. The number of hydrogen-bond donors (Lipinski definition) is 1. The first kappa shape index (κ1) is 11.1. The second kappa shape index (κ2) is 4.22. The Balaban J connectivity index is 2.67. The number of Topliss-reactive ketones (excluding diaryl/α,β-unsaturated/α-hetero) is 1. The van der Waals surface area contributed by atoms with E-state index in [0.717, 1.165) is 5.56 Å². The topological polar surface area (TPSA) is 73.7 Å². The fourth-order valence-corrected chi connectivity index (χ4v) is 1.75. The predicted molar refractivity (Wildman–Crippen MR) is 63.7 cm³/mol. The smallest absolute Gasteiger partial charge is 0.207 e. The van der Waals surface area contributed by atoms with Gasteiger partial charge in [-0.1, -0.05) is 6.07 Å². The SMILES string of the molecule is CC(=O)Cc1ccc2[nH]cc(C#N)c(=O)c2c1. The van der Waals surface area contributed by atoms with Crippen LogP contribution >= 0.6 is 0 Å². The molecule has 84 valence electrons. The maximum Gasteiger partial charge on any atom is 0.207 e. The van der Waals surface area contributed by atoms with E-state index in [4.69, 9.17) is 5.26 Å². The Morgan fingerprint density at radius 1 is 1.47 bits per heavy atom. The second-order valence-corrected chi connectivity index (χ2v) is 3.90. The van der Waals surface area contributed by atoms with Crippen molar-refractivity contribution in [1.29, 1.82) is 5.26 Å². The normalized spacial score (nSPS) is 10.1. The first-order valence-electron chi connectivity index (χ1n) is 5.15. The van der Waals surface area contributed by atoms with Crippen LogP contribution in [0.2, 0.25) is 0 Å². The fourth-order valence-electron chi connectivity index (χ4n) is 1.75. The maximum absolute atomic E-state index is 11.9. The number of aromatic amines is 1. The largest absolute Gasteiger partial charge is 0.360 e. The van der Waals surface area contributed by atoms with Gasteiger partial charge in [0, 0.05) is 23.5 Å². The molecule has 17 heavy (non-hydrogen) atoms. The summed E-state index contributed by atoms with van der Waals surface area (Å²) in [5.74, 6) is 0.0391. The molecule has 2 rings (SSSR count). The molecule has 0 aliphatic carbocycles. The summed E-state index contributed by atoms with van der Waals surface area (Å²) < 4.78 is 0. The number of fused-ring (bicyclic) bond motifs is 1. The monoisotopic (exact) mass is 226 g/mol. The van der Waals surface area contributed by atoms with Gasteiger partial charge in [-0.3, -0.25) is 9.59 Å². The Morgan fingerprint density at radius 2 is 2.24 bits per heavy atom. The molecule has 1 heterocycles. The number of carbonyl (C=O) groups is 1. The van der Waals surface area contributed by atoms with Crippen LogP contribution in [0.5, 0.6) is 0 Å². The van der Waals surface area contributed by atoms with Gasteiger partial charge in [0.05, 0.1) is 0 Å². The molecule has 0 radical (unpaired) electrons. The van der Waals surface area contributed by atoms with Crippen LogP contribution in [0.25, 0.3) is 10.9 Å². The van der Waals surface area contributed by atoms with Gasteiger partial charge in [-0.05, 0) is 24.6 Å². The molecule has 1 aromatic carbocycles. The van der Waals surface area contributed by atoms with E-state index in [1.165, 1.54) is 13.1 Å². The third kappa shape index (κ3) is 2.08. The predicted octanol–water partition coefficient (Wildman–Crippen LogP) is 1.53. The van der Waals surface area contributed by atoms with Crippen LogP contribution in [0.4, 0.5) is 0 Å². The van der Waals surface area contributed by atoms with E-state index in [0.29, 0.717) is 17.3 Å². The molecule has 0 aliphatic rings. The van der Waals surface area contributed by atoms with Crippen LogP contribution in [-0.4, -0.2) is 10.8 Å². The van der Waals surface area contributed by atoms with Gasteiger partial charge in [-0.2, -0.15) is 5.26 Å². The number of nitrogens with zero attached hydrogens (tertiary/aromatic N) is 1. The summed E-state index contributed by atoms with van der Waals surface area (Å²) in [5, 5.41) is 9.22. The van der Waals surface area contributed by atoms with Crippen molar-refractivity contribution in [3.8, 4) is 6.07 Å². The molecule has 1 N–H and O–H groups in total. The molecular formula is C13H10N2O2. The zero-order valence-electron chi connectivity index (χ0n) is 9.28. The standard InChI is InChI=1S/C13H10N2O2/c1-8(16)4-9-2-3-12-11(5-9)13(17)10(6-14)7-15-12/h2-3,5,7H,4H2,1H3,(H,15,17). The summed E-state index contributed by atoms with van der Waals surface area (Å²) in [5.41, 5.74) is 1.23. The molecule has 4 heteroatoms. The maximum atomic E-state index is 11.9. The quantitative estimate of drug-likeness (QED) is 0.843. The van der Waals surface area contributed by atoms with Crippen LogP contribution in [0.1, 0.15) is 18.1 Å². The highest BCUT2D eigenvalue weighted by atomic mass is 16.1. The lowest BCUT2D eigenvalue weighted by Gasteiger charge is -2.01. The van der Waals surface area contributed by atoms with Gasteiger partial charge < -0.3 is 4.98 Å². The molecule has 0 aliphatic heterocycles. The van der Waals surface area contributed by atoms with Gasteiger partial charge >= 0.3 is 0 Å². The lowest BCUT2D eigenvalue weighted by molar-refractivity contribution is -0.116. The minimum atomic E-state index is -0.299. The molecule has 0 amide bonds. The summed E-state index contributed by atoms with van der Waals surface area (Å²) in [6.07, 6.45) is 1.70. The number of carbonyl (C=O) groups excluding carboxylic acids is 1. The molecule has 0 atom stereocenters. The number of benzene rings is 1. The number of pyridine rings is 1. The van der Waals surface area contributed by atoms with Crippen molar-refractivity contribution >= 4 is 16.7 Å². The Hall–Kier alpha value is -2.41. The molecule has 0 spiro atoms. The summed E-state index contributed by atoms with van der Waals surface area (Å²) >= 11 is 0. The van der Waals surface area contributed by atoms with Crippen molar-refractivity contribution in [2.24, 2.45) is 0 Å². The molecular weight excluding hydrogens is 216 g/mol. The highest BCUT2D eigenvalue weighted by molar-refractivity contribution is 5.83. The zero-order valence-corrected chi connectivity index (χ0v) is 9.28. The van der Waals surface area contributed by atoms with Crippen LogP contribution in [0.15, 0.2) is 29.2 Å². The number of nitrogens with one attached hydrogen (secondary N) is 1. The van der Waals surface area contributed by atoms with E-state index in [-0.39, 0.29) is 16.8 Å². The van der Waals surface area contributed by atoms with E-state index in [2.05, 4.69) is 4.98 Å². The number of ketones is 1. The molecule has 4 nitrogen and oxygen atoms in total. The number of aromatic nitrogens is 1. The van der Waals surface area contributed by atoms with E-state index in [9.17, 15) is 9.59 Å². The zero-order chi connectivity index (χ0) is 12.4. The highest BCUT2D eigenvalue weighted by Gasteiger charge is 2.06.